The lowest BCUT2D eigenvalue weighted by Gasteiger charge is -2.21. The highest BCUT2D eigenvalue weighted by Crippen LogP contribution is 2.32. The summed E-state index contributed by atoms with van der Waals surface area (Å²) >= 11 is 0. The molecular formula is C20H35IN4O2. The molecule has 1 aliphatic rings. The van der Waals surface area contributed by atoms with Crippen LogP contribution in [0.5, 0.6) is 11.5 Å². The van der Waals surface area contributed by atoms with Crippen LogP contribution in [0.2, 0.25) is 0 Å². The molecule has 0 saturated carbocycles. The predicted molar refractivity (Wildman–Crippen MR) is 123 cm³/mol. The molecule has 1 atom stereocenters. The molecule has 0 saturated heterocycles. The lowest BCUT2D eigenvalue weighted by atomic mass is 10.1. The number of rotatable bonds is 10. The van der Waals surface area contributed by atoms with Gasteiger partial charge in [0.15, 0.2) is 17.5 Å². The Morgan fingerprint density at radius 3 is 2.67 bits per heavy atom. The highest BCUT2D eigenvalue weighted by molar-refractivity contribution is 14.0. The van der Waals surface area contributed by atoms with Crippen LogP contribution in [-0.4, -0.2) is 56.9 Å². The minimum absolute atomic E-state index is 0. The van der Waals surface area contributed by atoms with Crippen LogP contribution in [-0.2, 0) is 6.42 Å². The number of ether oxygens (including phenoxy) is 2. The van der Waals surface area contributed by atoms with E-state index in [-0.39, 0.29) is 24.0 Å². The van der Waals surface area contributed by atoms with Gasteiger partial charge in [0.1, 0.15) is 0 Å². The predicted octanol–water partition coefficient (Wildman–Crippen LogP) is 3.25. The highest BCUT2D eigenvalue weighted by Gasteiger charge is 2.13. The molecule has 1 aliphatic heterocycles. The van der Waals surface area contributed by atoms with Crippen molar-refractivity contribution in [3.05, 3.63) is 23.8 Å². The topological polar surface area (TPSA) is 58.1 Å². The van der Waals surface area contributed by atoms with E-state index in [4.69, 9.17) is 9.47 Å². The SMILES string of the molecule is CCN(CC)CCCC(C)NC(=NC)NCCc1ccc2c(c1)OCO2.I. The lowest BCUT2D eigenvalue weighted by molar-refractivity contribution is 0.174. The van der Waals surface area contributed by atoms with E-state index >= 15 is 0 Å². The number of benzene rings is 1. The fraction of sp³-hybridized carbons (Fsp3) is 0.650. The molecule has 27 heavy (non-hydrogen) atoms. The lowest BCUT2D eigenvalue weighted by Crippen LogP contribution is -2.43. The summed E-state index contributed by atoms with van der Waals surface area (Å²) in [6.07, 6.45) is 3.25. The van der Waals surface area contributed by atoms with Crippen LogP contribution in [0.15, 0.2) is 23.2 Å². The normalized spacial score (nSPS) is 14.0. The van der Waals surface area contributed by atoms with Gasteiger partial charge in [0.2, 0.25) is 6.79 Å². The van der Waals surface area contributed by atoms with E-state index in [1.54, 1.807) is 0 Å². The average molecular weight is 490 g/mol. The summed E-state index contributed by atoms with van der Waals surface area (Å²) in [6, 6.07) is 6.52. The van der Waals surface area contributed by atoms with Crippen LogP contribution >= 0.6 is 24.0 Å². The van der Waals surface area contributed by atoms with E-state index in [1.165, 1.54) is 12.0 Å². The molecule has 154 valence electrons. The maximum atomic E-state index is 5.43. The van der Waals surface area contributed by atoms with E-state index in [2.05, 4.69) is 53.4 Å². The first kappa shape index (κ1) is 23.8. The van der Waals surface area contributed by atoms with Crippen molar-refractivity contribution in [2.75, 3.05) is 40.0 Å². The maximum Gasteiger partial charge on any atom is 0.231 e. The first-order chi connectivity index (χ1) is 12.7. The summed E-state index contributed by atoms with van der Waals surface area (Å²) in [5.74, 6) is 2.53. The van der Waals surface area contributed by atoms with Crippen molar-refractivity contribution >= 4 is 29.9 Å². The Balaban J connectivity index is 0.00000364. The van der Waals surface area contributed by atoms with Gasteiger partial charge >= 0.3 is 0 Å². The molecule has 0 aliphatic carbocycles. The minimum Gasteiger partial charge on any atom is -0.454 e. The second-order valence-corrected chi connectivity index (χ2v) is 6.65. The molecule has 2 N–H and O–H groups in total. The van der Waals surface area contributed by atoms with Crippen molar-refractivity contribution in [3.8, 4) is 11.5 Å². The molecule has 0 amide bonds. The molecule has 6 nitrogen and oxygen atoms in total. The van der Waals surface area contributed by atoms with E-state index in [0.29, 0.717) is 12.8 Å². The molecule has 1 aromatic rings. The summed E-state index contributed by atoms with van der Waals surface area (Å²) in [5, 5.41) is 6.87. The summed E-state index contributed by atoms with van der Waals surface area (Å²) in [4.78, 5) is 6.80. The minimum atomic E-state index is 0. The number of hydrogen-bond acceptors (Lipinski definition) is 4. The van der Waals surface area contributed by atoms with Crippen LogP contribution in [0.3, 0.4) is 0 Å². The quantitative estimate of drug-likeness (QED) is 0.300. The molecule has 0 radical (unpaired) electrons. The van der Waals surface area contributed by atoms with Crippen LogP contribution in [0, 0.1) is 0 Å². The second-order valence-electron chi connectivity index (χ2n) is 6.65. The Hall–Kier alpha value is -1.22. The van der Waals surface area contributed by atoms with Crippen molar-refractivity contribution < 1.29 is 9.47 Å². The number of fused-ring (bicyclic) bond motifs is 1. The summed E-state index contributed by atoms with van der Waals surface area (Å²) in [6.45, 7) is 11.2. The van der Waals surface area contributed by atoms with E-state index in [0.717, 1.165) is 56.5 Å². The van der Waals surface area contributed by atoms with Crippen LogP contribution in [0.25, 0.3) is 0 Å². The summed E-state index contributed by atoms with van der Waals surface area (Å²) in [7, 11) is 1.82. The molecule has 0 aromatic heterocycles. The van der Waals surface area contributed by atoms with Crippen LogP contribution in [0.4, 0.5) is 0 Å². The molecule has 7 heteroatoms. The first-order valence-corrected chi connectivity index (χ1v) is 9.74. The van der Waals surface area contributed by atoms with E-state index in [9.17, 15) is 0 Å². The van der Waals surface area contributed by atoms with Crippen molar-refractivity contribution in [3.63, 3.8) is 0 Å². The average Bonchev–Trinajstić information content (AvgIpc) is 3.12. The number of aliphatic imine (C=N–C) groups is 1. The van der Waals surface area contributed by atoms with Gasteiger partial charge in [0.05, 0.1) is 0 Å². The molecule has 0 bridgehead atoms. The zero-order valence-electron chi connectivity index (χ0n) is 17.1. The molecule has 1 heterocycles. The fourth-order valence-electron chi connectivity index (χ4n) is 3.08. The van der Waals surface area contributed by atoms with Crippen molar-refractivity contribution in [1.29, 1.82) is 0 Å². The van der Waals surface area contributed by atoms with Gasteiger partial charge in [0.25, 0.3) is 0 Å². The number of nitrogens with one attached hydrogen (secondary N) is 2. The molecule has 0 spiro atoms. The van der Waals surface area contributed by atoms with Crippen molar-refractivity contribution in [1.82, 2.24) is 15.5 Å². The van der Waals surface area contributed by atoms with Gasteiger partial charge in [0, 0.05) is 19.6 Å². The molecule has 0 fully saturated rings. The summed E-state index contributed by atoms with van der Waals surface area (Å²) in [5.41, 5.74) is 1.23. The standard InChI is InChI=1S/C20H34N4O2.HI/c1-5-24(6-2)13-7-8-16(3)23-20(21-4)22-12-11-17-9-10-18-19(14-17)26-15-25-18;/h9-10,14,16H,5-8,11-13,15H2,1-4H3,(H2,21,22,23);1H. The third-order valence-corrected chi connectivity index (χ3v) is 4.76. The largest absolute Gasteiger partial charge is 0.454 e. The van der Waals surface area contributed by atoms with E-state index < -0.39 is 0 Å². The van der Waals surface area contributed by atoms with Crippen LogP contribution in [0.1, 0.15) is 39.2 Å². The zero-order chi connectivity index (χ0) is 18.8. The van der Waals surface area contributed by atoms with Crippen LogP contribution < -0.4 is 20.1 Å². The van der Waals surface area contributed by atoms with Gasteiger partial charge in [-0.2, -0.15) is 0 Å². The Kier molecular flexibility index (Phi) is 11.5. The number of halogens is 1. The molecular weight excluding hydrogens is 455 g/mol. The first-order valence-electron chi connectivity index (χ1n) is 9.74. The Bertz CT molecular complexity index is 579. The van der Waals surface area contributed by atoms with Gasteiger partial charge < -0.3 is 25.0 Å². The Morgan fingerprint density at radius 1 is 1.22 bits per heavy atom. The van der Waals surface area contributed by atoms with Gasteiger partial charge in [-0.1, -0.05) is 19.9 Å². The van der Waals surface area contributed by atoms with Gasteiger partial charge in [-0.05, 0) is 63.5 Å². The third-order valence-electron chi connectivity index (χ3n) is 4.76. The molecule has 1 aromatic carbocycles. The number of nitrogens with zero attached hydrogens (tertiary/aromatic N) is 2. The fourth-order valence-corrected chi connectivity index (χ4v) is 3.08. The second kappa shape index (κ2) is 13.0. The number of hydrogen-bond donors (Lipinski definition) is 2. The van der Waals surface area contributed by atoms with Gasteiger partial charge in [-0.25, -0.2) is 0 Å². The maximum absolute atomic E-state index is 5.43. The highest BCUT2D eigenvalue weighted by atomic mass is 127. The molecule has 1 unspecified atom stereocenters. The Labute approximate surface area is 181 Å². The van der Waals surface area contributed by atoms with Crippen molar-refractivity contribution in [2.45, 2.75) is 46.1 Å². The number of guanidine groups is 1. The smallest absolute Gasteiger partial charge is 0.231 e. The zero-order valence-corrected chi connectivity index (χ0v) is 19.4. The Morgan fingerprint density at radius 2 is 1.96 bits per heavy atom. The van der Waals surface area contributed by atoms with Gasteiger partial charge in [-0.3, -0.25) is 4.99 Å². The van der Waals surface area contributed by atoms with E-state index in [1.807, 2.05) is 13.1 Å². The van der Waals surface area contributed by atoms with Gasteiger partial charge in [-0.15, -0.1) is 24.0 Å². The van der Waals surface area contributed by atoms with Crippen molar-refractivity contribution in [2.24, 2.45) is 4.99 Å². The monoisotopic (exact) mass is 490 g/mol. The molecule has 2 rings (SSSR count). The summed E-state index contributed by atoms with van der Waals surface area (Å²) < 4.78 is 10.8. The third kappa shape index (κ3) is 8.13.